The number of fused-ring (bicyclic) bond motifs is 1. The fourth-order valence-electron chi connectivity index (χ4n) is 3.76. The lowest BCUT2D eigenvalue weighted by Crippen LogP contribution is -2.41. The number of piperidine rings is 1. The van der Waals surface area contributed by atoms with Crippen LogP contribution < -0.4 is 4.74 Å². The maximum Gasteiger partial charge on any atom is 0.261 e. The van der Waals surface area contributed by atoms with E-state index in [4.69, 9.17) is 9.72 Å². The lowest BCUT2D eigenvalue weighted by Gasteiger charge is -2.34. The quantitative estimate of drug-likeness (QED) is 0.636. The van der Waals surface area contributed by atoms with Gasteiger partial charge in [0.1, 0.15) is 10.8 Å². The minimum atomic E-state index is 0.0399. The Hall–Kier alpha value is -2.40. The molecule has 27 heavy (non-hydrogen) atoms. The summed E-state index contributed by atoms with van der Waals surface area (Å²) in [6, 6.07) is 14.3. The van der Waals surface area contributed by atoms with E-state index in [1.165, 1.54) is 4.70 Å². The highest BCUT2D eigenvalue weighted by atomic mass is 32.1. The van der Waals surface area contributed by atoms with Crippen molar-refractivity contribution in [3.63, 3.8) is 0 Å². The van der Waals surface area contributed by atoms with E-state index >= 15 is 0 Å². The molecule has 1 aliphatic heterocycles. The Labute approximate surface area is 163 Å². The van der Waals surface area contributed by atoms with Crippen LogP contribution in [0.4, 0.5) is 0 Å². The van der Waals surface area contributed by atoms with Gasteiger partial charge < -0.3 is 9.64 Å². The largest absolute Gasteiger partial charge is 0.484 e. The molecule has 1 aliphatic rings. The van der Waals surface area contributed by atoms with Gasteiger partial charge in [-0.25, -0.2) is 4.98 Å². The molecule has 140 valence electrons. The Morgan fingerprint density at radius 3 is 2.74 bits per heavy atom. The highest BCUT2D eigenvalue weighted by molar-refractivity contribution is 7.18. The molecule has 0 saturated carbocycles. The van der Waals surface area contributed by atoms with Crippen LogP contribution in [0.15, 0.2) is 42.5 Å². The van der Waals surface area contributed by atoms with E-state index in [0.29, 0.717) is 0 Å². The summed E-state index contributed by atoms with van der Waals surface area (Å²) in [5.74, 6) is 0.799. The number of carbonyl (C=O) groups is 1. The SMILES string of the molecule is Cc1cc(C)cc(OCC(=O)N2CCCCC2c2nc3ccccc3s2)c1. The number of hydrogen-bond acceptors (Lipinski definition) is 4. The van der Waals surface area contributed by atoms with Crippen LogP contribution >= 0.6 is 11.3 Å². The number of ether oxygens (including phenoxy) is 1. The second-order valence-electron chi connectivity index (χ2n) is 7.23. The number of benzene rings is 2. The first kappa shape index (κ1) is 18.0. The van der Waals surface area contributed by atoms with Gasteiger partial charge in [0.2, 0.25) is 0 Å². The smallest absolute Gasteiger partial charge is 0.261 e. The van der Waals surface area contributed by atoms with Crippen LogP contribution in [0, 0.1) is 13.8 Å². The number of aromatic nitrogens is 1. The zero-order valence-corrected chi connectivity index (χ0v) is 16.6. The van der Waals surface area contributed by atoms with Gasteiger partial charge in [0.05, 0.1) is 16.3 Å². The maximum absolute atomic E-state index is 12.9. The number of nitrogens with zero attached hydrogens (tertiary/aromatic N) is 2. The normalized spacial score (nSPS) is 17.3. The van der Waals surface area contributed by atoms with E-state index < -0.39 is 0 Å². The summed E-state index contributed by atoms with van der Waals surface area (Å²) in [6.07, 6.45) is 3.13. The van der Waals surface area contributed by atoms with Crippen LogP contribution in [0.5, 0.6) is 5.75 Å². The maximum atomic E-state index is 12.9. The zero-order chi connectivity index (χ0) is 18.8. The topological polar surface area (TPSA) is 42.4 Å². The van der Waals surface area contributed by atoms with E-state index in [9.17, 15) is 4.79 Å². The summed E-state index contributed by atoms with van der Waals surface area (Å²) >= 11 is 1.70. The molecule has 0 N–H and O–H groups in total. The number of likely N-dealkylation sites (tertiary alicyclic amines) is 1. The van der Waals surface area contributed by atoms with Gasteiger partial charge in [-0.3, -0.25) is 4.79 Å². The molecular weight excluding hydrogens is 356 g/mol. The Morgan fingerprint density at radius 2 is 1.96 bits per heavy atom. The van der Waals surface area contributed by atoms with Gasteiger partial charge in [-0.15, -0.1) is 11.3 Å². The van der Waals surface area contributed by atoms with Crippen LogP contribution in [0.3, 0.4) is 0 Å². The molecule has 1 aromatic heterocycles. The number of amides is 1. The first-order chi connectivity index (χ1) is 13.1. The Morgan fingerprint density at radius 1 is 1.19 bits per heavy atom. The van der Waals surface area contributed by atoms with Crippen LogP contribution in [0.1, 0.15) is 41.4 Å². The van der Waals surface area contributed by atoms with Crippen molar-refractivity contribution in [1.82, 2.24) is 9.88 Å². The lowest BCUT2D eigenvalue weighted by molar-refractivity contribution is -0.137. The van der Waals surface area contributed by atoms with Gasteiger partial charge in [-0.1, -0.05) is 18.2 Å². The number of aryl methyl sites for hydroxylation is 2. The average molecular weight is 381 g/mol. The molecule has 0 aliphatic carbocycles. The molecule has 0 spiro atoms. The molecule has 4 rings (SSSR count). The highest BCUT2D eigenvalue weighted by Gasteiger charge is 2.30. The minimum Gasteiger partial charge on any atom is -0.484 e. The van der Waals surface area contributed by atoms with Gasteiger partial charge in [0.25, 0.3) is 5.91 Å². The molecule has 1 atom stereocenters. The first-order valence-corrected chi connectivity index (χ1v) is 10.3. The summed E-state index contributed by atoms with van der Waals surface area (Å²) in [7, 11) is 0. The molecule has 2 heterocycles. The lowest BCUT2D eigenvalue weighted by atomic mass is 10.0. The monoisotopic (exact) mass is 380 g/mol. The summed E-state index contributed by atoms with van der Waals surface area (Å²) in [5.41, 5.74) is 3.30. The summed E-state index contributed by atoms with van der Waals surface area (Å²) in [5, 5.41) is 1.04. The Balaban J connectivity index is 1.50. The van der Waals surface area contributed by atoms with Crippen LogP contribution in [0.25, 0.3) is 10.2 Å². The zero-order valence-electron chi connectivity index (χ0n) is 15.8. The third kappa shape index (κ3) is 3.98. The van der Waals surface area contributed by atoms with E-state index in [0.717, 1.165) is 53.2 Å². The van der Waals surface area contributed by atoms with Crippen molar-refractivity contribution in [2.75, 3.05) is 13.2 Å². The van der Waals surface area contributed by atoms with Crippen molar-refractivity contribution in [2.45, 2.75) is 39.2 Å². The molecule has 0 bridgehead atoms. The second-order valence-corrected chi connectivity index (χ2v) is 8.29. The van der Waals surface area contributed by atoms with Crippen LogP contribution in [0.2, 0.25) is 0 Å². The Bertz CT molecular complexity index is 913. The van der Waals surface area contributed by atoms with E-state index in [2.05, 4.69) is 12.1 Å². The molecule has 4 nitrogen and oxygen atoms in total. The number of thiazole rings is 1. The number of carbonyl (C=O) groups excluding carboxylic acids is 1. The van der Waals surface area contributed by atoms with Crippen molar-refractivity contribution in [1.29, 1.82) is 0 Å². The molecule has 1 fully saturated rings. The highest BCUT2D eigenvalue weighted by Crippen LogP contribution is 2.35. The predicted molar refractivity (Wildman–Crippen MR) is 109 cm³/mol. The molecule has 1 amide bonds. The standard InChI is InChI=1S/C22H24N2O2S/c1-15-11-16(2)13-17(12-15)26-14-21(25)24-10-6-5-8-19(24)22-23-18-7-3-4-9-20(18)27-22/h3-4,7,9,11-13,19H,5-6,8,10,14H2,1-2H3. The predicted octanol–water partition coefficient (Wildman–Crippen LogP) is 5.05. The third-order valence-corrected chi connectivity index (χ3v) is 6.11. The van der Waals surface area contributed by atoms with Gasteiger partial charge in [0.15, 0.2) is 6.61 Å². The van der Waals surface area contributed by atoms with Crippen molar-refractivity contribution in [3.8, 4) is 5.75 Å². The molecule has 1 unspecified atom stereocenters. The van der Waals surface area contributed by atoms with Crippen molar-refractivity contribution in [2.24, 2.45) is 0 Å². The van der Waals surface area contributed by atoms with Crippen molar-refractivity contribution in [3.05, 3.63) is 58.6 Å². The number of rotatable bonds is 4. The van der Waals surface area contributed by atoms with Crippen LogP contribution in [-0.2, 0) is 4.79 Å². The summed E-state index contributed by atoms with van der Waals surface area (Å²) < 4.78 is 7.00. The number of hydrogen-bond donors (Lipinski definition) is 0. The first-order valence-electron chi connectivity index (χ1n) is 9.46. The van der Waals surface area contributed by atoms with Gasteiger partial charge in [-0.2, -0.15) is 0 Å². The van der Waals surface area contributed by atoms with Crippen molar-refractivity contribution >= 4 is 27.5 Å². The van der Waals surface area contributed by atoms with E-state index in [-0.39, 0.29) is 18.6 Å². The molecule has 1 saturated heterocycles. The molecule has 2 aromatic carbocycles. The third-order valence-electron chi connectivity index (χ3n) is 4.98. The molecule has 5 heteroatoms. The van der Waals surface area contributed by atoms with E-state index in [1.807, 2.05) is 49.1 Å². The second kappa shape index (κ2) is 7.69. The van der Waals surface area contributed by atoms with Crippen LogP contribution in [-0.4, -0.2) is 28.9 Å². The minimum absolute atomic E-state index is 0.0399. The van der Waals surface area contributed by atoms with Gasteiger partial charge in [-0.05, 0) is 68.5 Å². The van der Waals surface area contributed by atoms with Gasteiger partial charge >= 0.3 is 0 Å². The van der Waals surface area contributed by atoms with Gasteiger partial charge in [0, 0.05) is 6.54 Å². The molecule has 0 radical (unpaired) electrons. The molecule has 3 aromatic rings. The Kier molecular flexibility index (Phi) is 5.12. The summed E-state index contributed by atoms with van der Waals surface area (Å²) in [6.45, 7) is 4.92. The molecular formula is C22H24N2O2S. The van der Waals surface area contributed by atoms with E-state index in [1.54, 1.807) is 11.3 Å². The average Bonchev–Trinajstić information content (AvgIpc) is 3.09. The fraction of sp³-hybridized carbons (Fsp3) is 0.364. The summed E-state index contributed by atoms with van der Waals surface area (Å²) in [4.78, 5) is 19.7. The fourth-order valence-corrected chi connectivity index (χ4v) is 4.88. The van der Waals surface area contributed by atoms with Crippen molar-refractivity contribution < 1.29 is 9.53 Å². The number of para-hydroxylation sites is 1.